The second-order valence-electron chi connectivity index (χ2n) is 4.05. The molecule has 0 saturated carbocycles. The summed E-state index contributed by atoms with van der Waals surface area (Å²) in [5.41, 5.74) is 3.31. The van der Waals surface area contributed by atoms with E-state index in [1.807, 2.05) is 25.1 Å². The summed E-state index contributed by atoms with van der Waals surface area (Å²) in [5, 5.41) is 3.39. The van der Waals surface area contributed by atoms with Crippen LogP contribution in [0.5, 0.6) is 0 Å². The standard InChI is InChI=1S/C12H9BrClN5/c1-6-2-3-7(13)8(4-6)17-11-9-10(16-5-15-9)18-12(14)19-11/h2-5H,1H3,(H2,15,16,17,18,19). The third-order valence-electron chi connectivity index (χ3n) is 2.63. The van der Waals surface area contributed by atoms with Gasteiger partial charge in [0.05, 0.1) is 12.0 Å². The first-order valence-electron chi connectivity index (χ1n) is 5.53. The van der Waals surface area contributed by atoms with Crippen LogP contribution < -0.4 is 5.32 Å². The van der Waals surface area contributed by atoms with Gasteiger partial charge in [-0.1, -0.05) is 6.07 Å². The molecule has 0 radical (unpaired) electrons. The van der Waals surface area contributed by atoms with Gasteiger partial charge in [-0.3, -0.25) is 0 Å². The predicted octanol–water partition coefficient (Wildman–Crippen LogP) is 3.82. The van der Waals surface area contributed by atoms with Gasteiger partial charge >= 0.3 is 0 Å². The van der Waals surface area contributed by atoms with E-state index in [1.54, 1.807) is 6.33 Å². The maximum Gasteiger partial charge on any atom is 0.226 e. The Morgan fingerprint density at radius 3 is 3.00 bits per heavy atom. The number of H-pyrrole nitrogens is 1. The van der Waals surface area contributed by atoms with Gasteiger partial charge in [0.1, 0.15) is 5.52 Å². The number of benzene rings is 1. The molecule has 0 unspecified atom stereocenters. The fourth-order valence-corrected chi connectivity index (χ4v) is 2.27. The molecule has 2 N–H and O–H groups in total. The van der Waals surface area contributed by atoms with Crippen molar-refractivity contribution in [3.05, 3.63) is 39.8 Å². The highest BCUT2D eigenvalue weighted by Gasteiger charge is 2.10. The van der Waals surface area contributed by atoms with Crippen molar-refractivity contribution in [3.8, 4) is 0 Å². The molecule has 1 aromatic carbocycles. The van der Waals surface area contributed by atoms with Gasteiger partial charge in [-0.15, -0.1) is 0 Å². The van der Waals surface area contributed by atoms with Gasteiger partial charge in [-0.25, -0.2) is 4.98 Å². The van der Waals surface area contributed by atoms with E-state index >= 15 is 0 Å². The van der Waals surface area contributed by atoms with Crippen LogP contribution in [0.3, 0.4) is 0 Å². The van der Waals surface area contributed by atoms with Crippen molar-refractivity contribution in [3.63, 3.8) is 0 Å². The molecular weight excluding hydrogens is 330 g/mol. The number of nitrogens with zero attached hydrogens (tertiary/aromatic N) is 3. The molecule has 96 valence electrons. The molecule has 3 aromatic rings. The Bertz CT molecular complexity index is 755. The second kappa shape index (κ2) is 4.79. The second-order valence-corrected chi connectivity index (χ2v) is 5.24. The molecule has 0 aliphatic rings. The molecule has 0 saturated heterocycles. The summed E-state index contributed by atoms with van der Waals surface area (Å²) in [6.45, 7) is 2.02. The highest BCUT2D eigenvalue weighted by Crippen LogP contribution is 2.28. The van der Waals surface area contributed by atoms with Crippen LogP contribution in [0.1, 0.15) is 5.56 Å². The van der Waals surface area contributed by atoms with E-state index in [0.29, 0.717) is 11.5 Å². The number of aromatic amines is 1. The Morgan fingerprint density at radius 1 is 1.32 bits per heavy atom. The van der Waals surface area contributed by atoms with E-state index in [4.69, 9.17) is 11.6 Å². The SMILES string of the molecule is Cc1ccc(Br)c(Nc2nc(Cl)nc3nc[nH]c23)c1. The first kappa shape index (κ1) is 12.4. The van der Waals surface area contributed by atoms with Crippen molar-refractivity contribution in [1.29, 1.82) is 0 Å². The van der Waals surface area contributed by atoms with E-state index < -0.39 is 0 Å². The van der Waals surface area contributed by atoms with E-state index in [-0.39, 0.29) is 5.28 Å². The van der Waals surface area contributed by atoms with Gasteiger partial charge < -0.3 is 10.3 Å². The van der Waals surface area contributed by atoms with Crippen molar-refractivity contribution in [1.82, 2.24) is 19.9 Å². The summed E-state index contributed by atoms with van der Waals surface area (Å²) in [6.07, 6.45) is 1.56. The van der Waals surface area contributed by atoms with Crippen molar-refractivity contribution >= 4 is 50.2 Å². The average Bonchev–Trinajstić information content (AvgIpc) is 2.82. The predicted molar refractivity (Wildman–Crippen MR) is 78.9 cm³/mol. The Morgan fingerprint density at radius 2 is 2.16 bits per heavy atom. The van der Waals surface area contributed by atoms with Crippen LogP contribution in [-0.4, -0.2) is 19.9 Å². The Balaban J connectivity index is 2.10. The first-order valence-corrected chi connectivity index (χ1v) is 6.70. The van der Waals surface area contributed by atoms with E-state index in [1.165, 1.54) is 0 Å². The summed E-state index contributed by atoms with van der Waals surface area (Å²) in [7, 11) is 0. The number of rotatable bonds is 2. The highest BCUT2D eigenvalue weighted by molar-refractivity contribution is 9.10. The van der Waals surface area contributed by atoms with Gasteiger partial charge in [0.15, 0.2) is 11.5 Å². The van der Waals surface area contributed by atoms with Crippen molar-refractivity contribution in [2.75, 3.05) is 5.32 Å². The largest absolute Gasteiger partial charge is 0.340 e. The molecule has 2 aromatic heterocycles. The number of halogens is 2. The zero-order chi connectivity index (χ0) is 13.4. The summed E-state index contributed by atoms with van der Waals surface area (Å²) < 4.78 is 0.945. The van der Waals surface area contributed by atoms with Crippen molar-refractivity contribution in [2.45, 2.75) is 6.92 Å². The van der Waals surface area contributed by atoms with Gasteiger partial charge in [-0.2, -0.15) is 9.97 Å². The number of imidazole rings is 1. The minimum absolute atomic E-state index is 0.158. The highest BCUT2D eigenvalue weighted by atomic mass is 79.9. The fraction of sp³-hybridized carbons (Fsp3) is 0.0833. The van der Waals surface area contributed by atoms with Crippen LogP contribution in [0.2, 0.25) is 5.28 Å². The lowest BCUT2D eigenvalue weighted by atomic mass is 10.2. The summed E-state index contributed by atoms with van der Waals surface area (Å²) in [5.74, 6) is 0.596. The number of aromatic nitrogens is 4. The third kappa shape index (κ3) is 2.41. The van der Waals surface area contributed by atoms with Gasteiger partial charge in [-0.05, 0) is 52.2 Å². The molecule has 7 heteroatoms. The number of hydrogen-bond donors (Lipinski definition) is 2. The van der Waals surface area contributed by atoms with Crippen LogP contribution in [0.15, 0.2) is 29.0 Å². The zero-order valence-electron chi connectivity index (χ0n) is 9.91. The van der Waals surface area contributed by atoms with E-state index in [2.05, 4.69) is 41.2 Å². The molecule has 5 nitrogen and oxygen atoms in total. The molecule has 0 amide bonds. The Kier molecular flexibility index (Phi) is 3.12. The van der Waals surface area contributed by atoms with Crippen LogP contribution in [0.25, 0.3) is 11.2 Å². The molecule has 0 bridgehead atoms. The molecule has 0 spiro atoms. The third-order valence-corrected chi connectivity index (χ3v) is 3.49. The molecule has 19 heavy (non-hydrogen) atoms. The minimum atomic E-state index is 0.158. The number of anilines is 2. The normalized spacial score (nSPS) is 10.9. The van der Waals surface area contributed by atoms with Crippen molar-refractivity contribution < 1.29 is 0 Å². The van der Waals surface area contributed by atoms with Crippen molar-refractivity contribution in [2.24, 2.45) is 0 Å². The fourth-order valence-electron chi connectivity index (χ4n) is 1.76. The molecule has 0 aliphatic heterocycles. The topological polar surface area (TPSA) is 66.5 Å². The first-order chi connectivity index (χ1) is 9.13. The quantitative estimate of drug-likeness (QED) is 0.697. The van der Waals surface area contributed by atoms with Gasteiger partial charge in [0.2, 0.25) is 5.28 Å². The smallest absolute Gasteiger partial charge is 0.226 e. The van der Waals surface area contributed by atoms with Gasteiger partial charge in [0, 0.05) is 4.47 Å². The van der Waals surface area contributed by atoms with E-state index in [9.17, 15) is 0 Å². The summed E-state index contributed by atoms with van der Waals surface area (Å²) in [6, 6.07) is 6.01. The molecule has 3 rings (SSSR count). The Hall–Kier alpha value is -1.66. The van der Waals surface area contributed by atoms with Gasteiger partial charge in [0.25, 0.3) is 0 Å². The lowest BCUT2D eigenvalue weighted by Gasteiger charge is -2.09. The zero-order valence-corrected chi connectivity index (χ0v) is 12.2. The molecule has 2 heterocycles. The number of nitrogens with one attached hydrogen (secondary N) is 2. The average molecular weight is 339 g/mol. The van der Waals surface area contributed by atoms with Crippen LogP contribution in [0.4, 0.5) is 11.5 Å². The van der Waals surface area contributed by atoms with Crippen LogP contribution in [-0.2, 0) is 0 Å². The molecule has 0 fully saturated rings. The van der Waals surface area contributed by atoms with Crippen LogP contribution >= 0.6 is 27.5 Å². The Labute approximate surface area is 122 Å². The molecule has 0 aliphatic carbocycles. The van der Waals surface area contributed by atoms with E-state index in [0.717, 1.165) is 21.2 Å². The maximum absolute atomic E-state index is 5.89. The lowest BCUT2D eigenvalue weighted by molar-refractivity contribution is 1.20. The summed E-state index contributed by atoms with van der Waals surface area (Å²) >= 11 is 9.39. The molecule has 0 atom stereocenters. The monoisotopic (exact) mass is 337 g/mol. The minimum Gasteiger partial charge on any atom is -0.340 e. The summed E-state index contributed by atoms with van der Waals surface area (Å²) in [4.78, 5) is 15.3. The maximum atomic E-state index is 5.89. The number of aryl methyl sites for hydroxylation is 1. The molecular formula is C12H9BrClN5. The number of hydrogen-bond acceptors (Lipinski definition) is 4. The number of fused-ring (bicyclic) bond motifs is 1. The lowest BCUT2D eigenvalue weighted by Crippen LogP contribution is -1.98. The van der Waals surface area contributed by atoms with Crippen LogP contribution in [0, 0.1) is 6.92 Å².